The molecule has 0 amide bonds. The smallest absolute Gasteiger partial charge is 0.308 e. The summed E-state index contributed by atoms with van der Waals surface area (Å²) >= 11 is 1.80. The summed E-state index contributed by atoms with van der Waals surface area (Å²) in [7, 11) is 0. The molecule has 0 radical (unpaired) electrons. The van der Waals surface area contributed by atoms with Gasteiger partial charge in [-0.25, -0.2) is 4.39 Å². The SMILES string of the molecule is CSCCCN1C[C@@H](C(=O)O)[C@H](c2cccc(F)c2)C1. The molecule has 1 aromatic rings. The van der Waals surface area contributed by atoms with E-state index in [-0.39, 0.29) is 11.7 Å². The van der Waals surface area contributed by atoms with Gasteiger partial charge in [-0.1, -0.05) is 12.1 Å². The zero-order valence-electron chi connectivity index (χ0n) is 11.6. The van der Waals surface area contributed by atoms with Gasteiger partial charge >= 0.3 is 5.97 Å². The van der Waals surface area contributed by atoms with Crippen molar-refractivity contribution in [3.63, 3.8) is 0 Å². The van der Waals surface area contributed by atoms with Crippen LogP contribution < -0.4 is 0 Å². The number of likely N-dealkylation sites (tertiary alicyclic amines) is 1. The van der Waals surface area contributed by atoms with Gasteiger partial charge in [0.15, 0.2) is 0 Å². The summed E-state index contributed by atoms with van der Waals surface area (Å²) in [6, 6.07) is 6.34. The number of carboxylic acids is 1. The van der Waals surface area contributed by atoms with Crippen LogP contribution in [0.3, 0.4) is 0 Å². The van der Waals surface area contributed by atoms with Crippen molar-refractivity contribution in [3.05, 3.63) is 35.6 Å². The lowest BCUT2D eigenvalue weighted by Crippen LogP contribution is -2.24. The van der Waals surface area contributed by atoms with Crippen LogP contribution >= 0.6 is 11.8 Å². The monoisotopic (exact) mass is 297 g/mol. The van der Waals surface area contributed by atoms with Crippen molar-refractivity contribution in [2.24, 2.45) is 5.92 Å². The van der Waals surface area contributed by atoms with E-state index in [4.69, 9.17) is 0 Å². The average molecular weight is 297 g/mol. The first kappa shape index (κ1) is 15.3. The van der Waals surface area contributed by atoms with Gasteiger partial charge in [0.2, 0.25) is 0 Å². The number of aliphatic carboxylic acids is 1. The third-order valence-electron chi connectivity index (χ3n) is 3.81. The van der Waals surface area contributed by atoms with E-state index in [1.54, 1.807) is 17.8 Å². The van der Waals surface area contributed by atoms with Gasteiger partial charge in [-0.15, -0.1) is 0 Å². The molecule has 110 valence electrons. The molecular formula is C15H20FNO2S. The molecule has 3 nitrogen and oxygen atoms in total. The molecule has 1 aromatic carbocycles. The Labute approximate surface area is 123 Å². The Hall–Kier alpha value is -1.07. The number of nitrogens with zero attached hydrogens (tertiary/aromatic N) is 1. The molecule has 1 saturated heterocycles. The van der Waals surface area contributed by atoms with E-state index in [0.717, 1.165) is 24.3 Å². The summed E-state index contributed by atoms with van der Waals surface area (Å²) in [5.41, 5.74) is 0.796. The molecule has 1 aliphatic heterocycles. The van der Waals surface area contributed by atoms with E-state index >= 15 is 0 Å². The average Bonchev–Trinajstić information content (AvgIpc) is 2.83. The molecule has 0 unspecified atom stereocenters. The van der Waals surface area contributed by atoms with Crippen LogP contribution in [0, 0.1) is 11.7 Å². The minimum atomic E-state index is -0.786. The Balaban J connectivity index is 2.08. The number of hydrogen-bond acceptors (Lipinski definition) is 3. The maximum Gasteiger partial charge on any atom is 0.308 e. The number of benzene rings is 1. The minimum absolute atomic E-state index is 0.113. The van der Waals surface area contributed by atoms with E-state index in [9.17, 15) is 14.3 Å². The van der Waals surface area contributed by atoms with Crippen molar-refractivity contribution < 1.29 is 14.3 Å². The Kier molecular flexibility index (Phi) is 5.43. The van der Waals surface area contributed by atoms with Gasteiger partial charge in [-0.05, 0) is 42.7 Å². The van der Waals surface area contributed by atoms with E-state index in [0.29, 0.717) is 13.1 Å². The van der Waals surface area contributed by atoms with Crippen molar-refractivity contribution in [3.8, 4) is 0 Å². The maximum absolute atomic E-state index is 13.3. The minimum Gasteiger partial charge on any atom is -0.481 e. The molecule has 1 heterocycles. The molecule has 1 N–H and O–H groups in total. The lowest BCUT2D eigenvalue weighted by atomic mass is 9.89. The van der Waals surface area contributed by atoms with E-state index in [1.165, 1.54) is 12.1 Å². The molecule has 0 spiro atoms. The highest BCUT2D eigenvalue weighted by atomic mass is 32.2. The number of halogens is 1. The highest BCUT2D eigenvalue weighted by molar-refractivity contribution is 7.98. The van der Waals surface area contributed by atoms with Crippen LogP contribution in [0.5, 0.6) is 0 Å². The van der Waals surface area contributed by atoms with E-state index in [2.05, 4.69) is 11.2 Å². The molecule has 20 heavy (non-hydrogen) atoms. The fraction of sp³-hybridized carbons (Fsp3) is 0.533. The van der Waals surface area contributed by atoms with Crippen LogP contribution in [-0.2, 0) is 4.79 Å². The summed E-state index contributed by atoms with van der Waals surface area (Å²) in [5, 5.41) is 9.38. The van der Waals surface area contributed by atoms with Crippen molar-refractivity contribution in [2.75, 3.05) is 31.6 Å². The number of hydrogen-bond donors (Lipinski definition) is 1. The van der Waals surface area contributed by atoms with Gasteiger partial charge in [0.1, 0.15) is 5.82 Å². The Morgan fingerprint density at radius 2 is 2.30 bits per heavy atom. The number of rotatable bonds is 6. The summed E-state index contributed by atoms with van der Waals surface area (Å²) < 4.78 is 13.3. The first-order valence-electron chi connectivity index (χ1n) is 6.81. The fourth-order valence-corrected chi connectivity index (χ4v) is 3.24. The molecule has 2 rings (SSSR count). The fourth-order valence-electron chi connectivity index (χ4n) is 2.83. The van der Waals surface area contributed by atoms with Crippen LogP contribution in [-0.4, -0.2) is 47.6 Å². The normalized spacial score (nSPS) is 23.1. The molecule has 2 atom stereocenters. The lowest BCUT2D eigenvalue weighted by Gasteiger charge is -2.16. The highest BCUT2D eigenvalue weighted by Gasteiger charge is 2.38. The van der Waals surface area contributed by atoms with Crippen molar-refractivity contribution in [1.29, 1.82) is 0 Å². The van der Waals surface area contributed by atoms with Crippen LogP contribution in [0.1, 0.15) is 17.9 Å². The zero-order valence-corrected chi connectivity index (χ0v) is 12.4. The summed E-state index contributed by atoms with van der Waals surface area (Å²) in [4.78, 5) is 13.6. The second-order valence-electron chi connectivity index (χ2n) is 5.21. The molecule has 0 aliphatic carbocycles. The lowest BCUT2D eigenvalue weighted by molar-refractivity contribution is -0.141. The topological polar surface area (TPSA) is 40.5 Å². The summed E-state index contributed by atoms with van der Waals surface area (Å²) in [5.74, 6) is -0.554. The van der Waals surface area contributed by atoms with Crippen LogP contribution in [0.25, 0.3) is 0 Å². The first-order chi connectivity index (χ1) is 9.61. The highest BCUT2D eigenvalue weighted by Crippen LogP contribution is 2.33. The second kappa shape index (κ2) is 7.09. The molecule has 1 fully saturated rings. The van der Waals surface area contributed by atoms with Crippen LogP contribution in [0.15, 0.2) is 24.3 Å². The molecule has 0 saturated carbocycles. The second-order valence-corrected chi connectivity index (χ2v) is 6.20. The Morgan fingerprint density at radius 1 is 1.50 bits per heavy atom. The van der Waals surface area contributed by atoms with Gasteiger partial charge in [-0.2, -0.15) is 11.8 Å². The Morgan fingerprint density at radius 3 is 2.95 bits per heavy atom. The number of carbonyl (C=O) groups is 1. The first-order valence-corrected chi connectivity index (χ1v) is 8.20. The van der Waals surface area contributed by atoms with Crippen molar-refractivity contribution >= 4 is 17.7 Å². The molecule has 0 aromatic heterocycles. The van der Waals surface area contributed by atoms with Gasteiger partial charge in [0.25, 0.3) is 0 Å². The number of thioether (sulfide) groups is 1. The standard InChI is InChI=1S/C15H20FNO2S/c1-20-7-3-6-17-9-13(14(10-17)15(18)19)11-4-2-5-12(16)8-11/h2,4-5,8,13-14H,3,6-7,9-10H2,1H3,(H,18,19)/t13-,14+/m0/s1. The van der Waals surface area contributed by atoms with Gasteiger partial charge in [-0.3, -0.25) is 4.79 Å². The summed E-state index contributed by atoms with van der Waals surface area (Å²) in [6.45, 7) is 2.18. The Bertz CT molecular complexity index is 469. The quantitative estimate of drug-likeness (QED) is 0.820. The van der Waals surface area contributed by atoms with Gasteiger partial charge in [0, 0.05) is 19.0 Å². The van der Waals surface area contributed by atoms with Crippen LogP contribution in [0.4, 0.5) is 4.39 Å². The zero-order chi connectivity index (χ0) is 14.5. The van der Waals surface area contributed by atoms with Gasteiger partial charge in [0.05, 0.1) is 5.92 Å². The number of carboxylic acid groups (broad SMARTS) is 1. The molecule has 1 aliphatic rings. The molecule has 5 heteroatoms. The van der Waals surface area contributed by atoms with Crippen LogP contribution in [0.2, 0.25) is 0 Å². The largest absolute Gasteiger partial charge is 0.481 e. The molecule has 0 bridgehead atoms. The van der Waals surface area contributed by atoms with Gasteiger partial charge < -0.3 is 10.0 Å². The third kappa shape index (κ3) is 3.73. The van der Waals surface area contributed by atoms with Crippen molar-refractivity contribution in [2.45, 2.75) is 12.3 Å². The third-order valence-corrected chi connectivity index (χ3v) is 4.51. The van der Waals surface area contributed by atoms with Crippen molar-refractivity contribution in [1.82, 2.24) is 4.90 Å². The summed E-state index contributed by atoms with van der Waals surface area (Å²) in [6.07, 6.45) is 3.13. The van der Waals surface area contributed by atoms with E-state index < -0.39 is 11.9 Å². The van der Waals surface area contributed by atoms with E-state index in [1.807, 2.05) is 6.07 Å². The predicted molar refractivity (Wildman–Crippen MR) is 79.7 cm³/mol. The maximum atomic E-state index is 13.3. The predicted octanol–water partition coefficient (Wildman–Crippen LogP) is 2.68. The molecular weight excluding hydrogens is 277 g/mol.